The molecule has 0 fully saturated rings. The molecule has 1 rings (SSSR count). The van der Waals surface area contributed by atoms with Gasteiger partial charge in [0.2, 0.25) is 0 Å². The van der Waals surface area contributed by atoms with Crippen molar-refractivity contribution in [3.63, 3.8) is 0 Å². The summed E-state index contributed by atoms with van der Waals surface area (Å²) in [6, 6.07) is 1.61. The topological polar surface area (TPSA) is 62.0 Å². The Hall–Kier alpha value is -1.10. The number of amides is 1. The molecule has 5 heteroatoms. The van der Waals surface area contributed by atoms with Crippen molar-refractivity contribution < 1.29 is 4.79 Å². The normalized spacial score (nSPS) is 12.6. The van der Waals surface area contributed by atoms with E-state index in [9.17, 15) is 9.59 Å². The molecule has 1 amide bonds. The van der Waals surface area contributed by atoms with Crippen LogP contribution in [0.1, 0.15) is 43.2 Å². The summed E-state index contributed by atoms with van der Waals surface area (Å²) in [5, 5.41) is 2.84. The molecule has 0 aromatic carbocycles. The van der Waals surface area contributed by atoms with E-state index in [1.54, 1.807) is 13.0 Å². The first-order valence-electron chi connectivity index (χ1n) is 6.01. The molecule has 1 aromatic rings. The van der Waals surface area contributed by atoms with Crippen LogP contribution in [-0.4, -0.2) is 16.9 Å². The molecule has 0 saturated carbocycles. The Balaban J connectivity index is 2.85. The van der Waals surface area contributed by atoms with Crippen LogP contribution >= 0.6 is 15.9 Å². The van der Waals surface area contributed by atoms with Crippen LogP contribution in [0.2, 0.25) is 0 Å². The van der Waals surface area contributed by atoms with Crippen molar-refractivity contribution in [3.8, 4) is 0 Å². The Morgan fingerprint density at radius 1 is 1.44 bits per heavy atom. The lowest BCUT2D eigenvalue weighted by Crippen LogP contribution is -2.36. The minimum Gasteiger partial charge on any atom is -0.349 e. The first-order valence-corrected chi connectivity index (χ1v) is 6.80. The fourth-order valence-corrected chi connectivity index (χ4v) is 2.16. The summed E-state index contributed by atoms with van der Waals surface area (Å²) in [6.45, 7) is 7.90. The maximum Gasteiger partial charge on any atom is 0.261 e. The Bertz CT molecular complexity index is 494. The van der Waals surface area contributed by atoms with Crippen LogP contribution in [0.5, 0.6) is 0 Å². The van der Waals surface area contributed by atoms with Gasteiger partial charge in [-0.25, -0.2) is 0 Å². The third-order valence-electron chi connectivity index (χ3n) is 2.62. The van der Waals surface area contributed by atoms with E-state index in [1.165, 1.54) is 0 Å². The van der Waals surface area contributed by atoms with Gasteiger partial charge in [0.1, 0.15) is 5.56 Å². The van der Waals surface area contributed by atoms with Crippen molar-refractivity contribution in [1.29, 1.82) is 0 Å². The largest absolute Gasteiger partial charge is 0.349 e. The zero-order valence-corrected chi connectivity index (χ0v) is 12.7. The molecule has 1 atom stereocenters. The molecule has 0 unspecified atom stereocenters. The molecule has 100 valence electrons. The van der Waals surface area contributed by atoms with E-state index in [4.69, 9.17) is 0 Å². The lowest BCUT2D eigenvalue weighted by atomic mass is 10.1. The highest BCUT2D eigenvalue weighted by Crippen LogP contribution is 2.13. The second-order valence-electron chi connectivity index (χ2n) is 4.99. The number of aryl methyl sites for hydroxylation is 1. The van der Waals surface area contributed by atoms with E-state index in [2.05, 4.69) is 40.1 Å². The molecule has 0 radical (unpaired) electrons. The average molecular weight is 315 g/mol. The molecule has 18 heavy (non-hydrogen) atoms. The number of nitrogens with one attached hydrogen (secondary N) is 2. The molecule has 1 heterocycles. The molecule has 0 bridgehead atoms. The first kappa shape index (κ1) is 15.0. The molecule has 0 aliphatic rings. The number of hydrogen-bond donors (Lipinski definition) is 2. The number of carbonyl (C=O) groups excluding carboxylic acids is 1. The summed E-state index contributed by atoms with van der Waals surface area (Å²) in [6.07, 6.45) is 0.886. The Morgan fingerprint density at radius 3 is 2.61 bits per heavy atom. The van der Waals surface area contributed by atoms with Gasteiger partial charge in [0.05, 0.1) is 0 Å². The van der Waals surface area contributed by atoms with E-state index in [1.807, 2.05) is 6.92 Å². The van der Waals surface area contributed by atoms with Gasteiger partial charge in [0.15, 0.2) is 0 Å². The Labute approximate surface area is 115 Å². The van der Waals surface area contributed by atoms with Gasteiger partial charge in [0, 0.05) is 16.2 Å². The maximum atomic E-state index is 12.0. The van der Waals surface area contributed by atoms with E-state index < -0.39 is 0 Å². The fraction of sp³-hybridized carbons (Fsp3) is 0.538. The molecule has 0 saturated heterocycles. The molecule has 0 aliphatic heterocycles. The van der Waals surface area contributed by atoms with Crippen LogP contribution < -0.4 is 10.9 Å². The van der Waals surface area contributed by atoms with Crippen LogP contribution in [0.25, 0.3) is 0 Å². The lowest BCUT2D eigenvalue weighted by Gasteiger charge is -2.15. The Kier molecular flexibility index (Phi) is 5.14. The zero-order valence-electron chi connectivity index (χ0n) is 11.1. The van der Waals surface area contributed by atoms with Crippen molar-refractivity contribution in [2.24, 2.45) is 5.92 Å². The first-order chi connectivity index (χ1) is 8.31. The molecule has 1 aromatic heterocycles. The predicted octanol–water partition coefficient (Wildman–Crippen LogP) is 2.61. The second kappa shape index (κ2) is 6.18. The van der Waals surface area contributed by atoms with Crippen LogP contribution in [-0.2, 0) is 0 Å². The minimum absolute atomic E-state index is 0.0528. The summed E-state index contributed by atoms with van der Waals surface area (Å²) < 4.78 is 0.726. The number of aromatic amines is 1. The van der Waals surface area contributed by atoms with Crippen molar-refractivity contribution in [3.05, 3.63) is 32.2 Å². The van der Waals surface area contributed by atoms with Crippen molar-refractivity contribution in [1.82, 2.24) is 10.3 Å². The van der Waals surface area contributed by atoms with Crippen LogP contribution in [0, 0.1) is 12.8 Å². The Morgan fingerprint density at radius 2 is 2.06 bits per heavy atom. The molecule has 0 spiro atoms. The summed E-state index contributed by atoms with van der Waals surface area (Å²) >= 11 is 3.30. The minimum atomic E-state index is -0.357. The third-order valence-corrected chi connectivity index (χ3v) is 3.45. The highest BCUT2D eigenvalue weighted by atomic mass is 79.9. The summed E-state index contributed by atoms with van der Waals surface area (Å²) in [5.74, 6) is 0.174. The van der Waals surface area contributed by atoms with Gasteiger partial charge in [-0.3, -0.25) is 9.59 Å². The highest BCUT2D eigenvalue weighted by Gasteiger charge is 2.15. The van der Waals surface area contributed by atoms with Crippen LogP contribution in [0.15, 0.2) is 15.3 Å². The van der Waals surface area contributed by atoms with Gasteiger partial charge in [0.25, 0.3) is 11.5 Å². The van der Waals surface area contributed by atoms with E-state index >= 15 is 0 Å². The highest BCUT2D eigenvalue weighted by molar-refractivity contribution is 9.10. The fourth-order valence-electron chi connectivity index (χ4n) is 1.83. The number of carbonyl (C=O) groups is 1. The number of rotatable bonds is 4. The summed E-state index contributed by atoms with van der Waals surface area (Å²) in [7, 11) is 0. The van der Waals surface area contributed by atoms with Gasteiger partial charge in [-0.05, 0) is 48.2 Å². The van der Waals surface area contributed by atoms with E-state index in [0.717, 1.165) is 10.9 Å². The van der Waals surface area contributed by atoms with E-state index in [-0.39, 0.29) is 23.1 Å². The number of aromatic nitrogens is 1. The van der Waals surface area contributed by atoms with Gasteiger partial charge in [-0.2, -0.15) is 0 Å². The molecule has 4 nitrogen and oxygen atoms in total. The SMILES string of the molecule is Cc1[nH]c(=O)c(C(=O)N[C@@H](C)CC(C)C)cc1Br. The van der Waals surface area contributed by atoms with Crippen LogP contribution in [0.4, 0.5) is 0 Å². The molecule has 2 N–H and O–H groups in total. The smallest absolute Gasteiger partial charge is 0.261 e. The number of hydrogen-bond acceptors (Lipinski definition) is 2. The van der Waals surface area contributed by atoms with Crippen molar-refractivity contribution >= 4 is 21.8 Å². The lowest BCUT2D eigenvalue weighted by molar-refractivity contribution is 0.0934. The van der Waals surface area contributed by atoms with E-state index in [0.29, 0.717) is 11.6 Å². The van der Waals surface area contributed by atoms with Gasteiger partial charge < -0.3 is 10.3 Å². The van der Waals surface area contributed by atoms with Crippen molar-refractivity contribution in [2.75, 3.05) is 0 Å². The quantitative estimate of drug-likeness (QED) is 0.897. The molecular formula is C13H19BrN2O2. The van der Waals surface area contributed by atoms with Gasteiger partial charge in [-0.15, -0.1) is 0 Å². The maximum absolute atomic E-state index is 12.0. The number of halogens is 1. The standard InChI is InChI=1S/C13H19BrN2O2/c1-7(2)5-8(3)15-12(17)10-6-11(14)9(4)16-13(10)18/h6-8H,5H2,1-4H3,(H,15,17)(H,16,18)/t8-/m0/s1. The summed E-state index contributed by atoms with van der Waals surface area (Å²) in [5.41, 5.74) is 0.500. The average Bonchev–Trinajstić information content (AvgIpc) is 2.21. The predicted molar refractivity (Wildman–Crippen MR) is 75.9 cm³/mol. The monoisotopic (exact) mass is 314 g/mol. The number of H-pyrrole nitrogens is 1. The van der Waals surface area contributed by atoms with Gasteiger partial charge >= 0.3 is 0 Å². The third kappa shape index (κ3) is 3.98. The zero-order chi connectivity index (χ0) is 13.9. The second-order valence-corrected chi connectivity index (χ2v) is 5.84. The molecule has 0 aliphatic carbocycles. The van der Waals surface area contributed by atoms with Crippen LogP contribution in [0.3, 0.4) is 0 Å². The number of pyridine rings is 1. The molecular weight excluding hydrogens is 296 g/mol. The van der Waals surface area contributed by atoms with Crippen molar-refractivity contribution in [2.45, 2.75) is 40.2 Å². The summed E-state index contributed by atoms with van der Waals surface area (Å²) in [4.78, 5) is 26.3. The van der Waals surface area contributed by atoms with Gasteiger partial charge in [-0.1, -0.05) is 13.8 Å².